The Hall–Kier alpha value is -0.270. The Morgan fingerprint density at radius 3 is 2.45 bits per heavy atom. The molecule has 0 saturated heterocycles. The number of halogens is 4. The van der Waals surface area contributed by atoms with Gasteiger partial charge in [-0.1, -0.05) is 20.4 Å². The van der Waals surface area contributed by atoms with Crippen LogP contribution in [0, 0.1) is 17.3 Å². The Labute approximate surface area is 121 Å². The minimum Gasteiger partial charge on any atom is -0.252 e. The average Bonchev–Trinajstić information content (AvgIpc) is 2.70. The Morgan fingerprint density at radius 1 is 1.45 bits per heavy atom. The van der Waals surface area contributed by atoms with E-state index in [9.17, 15) is 21.6 Å². The van der Waals surface area contributed by atoms with Gasteiger partial charge in [0.2, 0.25) is 0 Å². The molecule has 2 aliphatic rings. The van der Waals surface area contributed by atoms with Crippen LogP contribution in [0.2, 0.25) is 0 Å². The van der Waals surface area contributed by atoms with E-state index in [4.69, 9.17) is 11.6 Å². The van der Waals surface area contributed by atoms with E-state index in [0.29, 0.717) is 12.0 Å². The van der Waals surface area contributed by atoms with Gasteiger partial charge in [0.15, 0.2) is 0 Å². The molecule has 0 aromatic carbocycles. The van der Waals surface area contributed by atoms with Crippen LogP contribution < -0.4 is 0 Å². The summed E-state index contributed by atoms with van der Waals surface area (Å²) in [6, 6.07) is 0. The normalized spacial score (nSPS) is 36.6. The van der Waals surface area contributed by atoms with Crippen molar-refractivity contribution >= 4 is 21.7 Å². The summed E-state index contributed by atoms with van der Waals surface area (Å²) < 4.78 is 65.2. The maximum Gasteiger partial charge on any atom is 0.523 e. The van der Waals surface area contributed by atoms with Crippen LogP contribution in [0.4, 0.5) is 13.2 Å². The number of hydrogen-bond acceptors (Lipinski definition) is 3. The van der Waals surface area contributed by atoms with Gasteiger partial charge in [-0.25, -0.2) is 0 Å². The topological polar surface area (TPSA) is 43.4 Å². The summed E-state index contributed by atoms with van der Waals surface area (Å²) >= 11 is 5.87. The van der Waals surface area contributed by atoms with Gasteiger partial charge < -0.3 is 0 Å². The lowest BCUT2D eigenvalue weighted by Gasteiger charge is -2.37. The first-order valence-corrected chi connectivity index (χ1v) is 8.12. The molecular weight excluding hydrogens is 317 g/mol. The zero-order chi connectivity index (χ0) is 15.6. The van der Waals surface area contributed by atoms with E-state index in [-0.39, 0.29) is 18.2 Å². The predicted molar refractivity (Wildman–Crippen MR) is 68.6 cm³/mol. The maximum atomic E-state index is 12.6. The monoisotopic (exact) mass is 332 g/mol. The average molecular weight is 333 g/mol. The molecule has 0 aromatic rings. The molecule has 0 N–H and O–H groups in total. The fraction of sp³-hybridized carbons (Fsp3) is 0.833. The third kappa shape index (κ3) is 1.93. The lowest BCUT2D eigenvalue weighted by atomic mass is 9.72. The summed E-state index contributed by atoms with van der Waals surface area (Å²) in [6.45, 7) is 7.49. The van der Waals surface area contributed by atoms with E-state index >= 15 is 0 Å². The molecule has 0 radical (unpaired) electrons. The van der Waals surface area contributed by atoms with Gasteiger partial charge >= 0.3 is 15.6 Å². The Kier molecular flexibility index (Phi) is 3.51. The van der Waals surface area contributed by atoms with Crippen LogP contribution in [-0.4, -0.2) is 25.4 Å². The van der Waals surface area contributed by atoms with Crippen LogP contribution in [0.5, 0.6) is 0 Å². The zero-order valence-electron chi connectivity index (χ0n) is 11.1. The van der Waals surface area contributed by atoms with Crippen molar-refractivity contribution in [3.8, 4) is 0 Å². The van der Waals surface area contributed by atoms with Crippen LogP contribution >= 0.6 is 11.6 Å². The predicted octanol–water partition coefficient (Wildman–Crippen LogP) is 3.45. The van der Waals surface area contributed by atoms with Crippen molar-refractivity contribution in [3.63, 3.8) is 0 Å². The second kappa shape index (κ2) is 4.36. The minimum absolute atomic E-state index is 0.0177. The SMILES string of the molecule is C=C1C(C)(C)[C@@H]2CC[C@@]1(OS(=O)(=O)C(F)(F)F)[C@@H]2CCl. The molecule has 0 spiro atoms. The maximum absolute atomic E-state index is 12.6. The van der Waals surface area contributed by atoms with Gasteiger partial charge in [-0.05, 0) is 29.7 Å². The molecular formula is C12H16ClF3O3S. The van der Waals surface area contributed by atoms with Gasteiger partial charge in [-0.15, -0.1) is 11.6 Å². The molecule has 0 aromatic heterocycles. The second-order valence-corrected chi connectivity index (χ2v) is 7.83. The van der Waals surface area contributed by atoms with Gasteiger partial charge in [-0.3, -0.25) is 4.18 Å². The van der Waals surface area contributed by atoms with Crippen molar-refractivity contribution in [1.29, 1.82) is 0 Å². The van der Waals surface area contributed by atoms with Gasteiger partial charge in [-0.2, -0.15) is 21.6 Å². The molecule has 2 fully saturated rings. The van der Waals surface area contributed by atoms with Crippen molar-refractivity contribution in [3.05, 3.63) is 12.2 Å². The molecule has 0 amide bonds. The molecule has 0 heterocycles. The highest BCUT2D eigenvalue weighted by Gasteiger charge is 2.67. The molecule has 116 valence electrons. The summed E-state index contributed by atoms with van der Waals surface area (Å²) in [5, 5.41) is 0. The number of fused-ring (bicyclic) bond motifs is 2. The largest absolute Gasteiger partial charge is 0.523 e. The Balaban J connectivity index is 2.46. The van der Waals surface area contributed by atoms with E-state index in [1.54, 1.807) is 0 Å². The van der Waals surface area contributed by atoms with E-state index in [1.165, 1.54) is 0 Å². The van der Waals surface area contributed by atoms with Crippen LogP contribution in [-0.2, 0) is 14.3 Å². The summed E-state index contributed by atoms with van der Waals surface area (Å²) in [7, 11) is -5.67. The van der Waals surface area contributed by atoms with Crippen molar-refractivity contribution < 1.29 is 25.8 Å². The Morgan fingerprint density at radius 2 is 2.00 bits per heavy atom. The van der Waals surface area contributed by atoms with Crippen LogP contribution in [0.1, 0.15) is 26.7 Å². The molecule has 0 unspecified atom stereocenters. The lowest BCUT2D eigenvalue weighted by molar-refractivity contribution is -0.0641. The third-order valence-corrected chi connectivity index (χ3v) is 6.25. The summed E-state index contributed by atoms with van der Waals surface area (Å²) in [5.74, 6) is -0.444. The molecule has 20 heavy (non-hydrogen) atoms. The Bertz CT molecular complexity index is 541. The van der Waals surface area contributed by atoms with Gasteiger partial charge in [0.25, 0.3) is 0 Å². The lowest BCUT2D eigenvalue weighted by Crippen LogP contribution is -2.43. The molecule has 2 saturated carbocycles. The van der Waals surface area contributed by atoms with Crippen molar-refractivity contribution in [2.24, 2.45) is 17.3 Å². The van der Waals surface area contributed by atoms with E-state index in [1.807, 2.05) is 13.8 Å². The fourth-order valence-electron chi connectivity index (χ4n) is 3.72. The molecule has 3 atom stereocenters. The number of rotatable bonds is 3. The van der Waals surface area contributed by atoms with Crippen LogP contribution in [0.3, 0.4) is 0 Å². The van der Waals surface area contributed by atoms with Crippen molar-refractivity contribution in [2.75, 3.05) is 5.88 Å². The second-order valence-electron chi connectivity index (χ2n) is 5.98. The first-order chi connectivity index (χ1) is 8.90. The highest BCUT2D eigenvalue weighted by atomic mass is 35.5. The van der Waals surface area contributed by atoms with E-state index in [2.05, 4.69) is 10.8 Å². The summed E-state index contributed by atoms with van der Waals surface area (Å²) in [4.78, 5) is 0. The minimum atomic E-state index is -5.67. The highest BCUT2D eigenvalue weighted by molar-refractivity contribution is 7.87. The van der Waals surface area contributed by atoms with Crippen LogP contribution in [0.15, 0.2) is 12.2 Å². The smallest absolute Gasteiger partial charge is 0.252 e. The molecule has 2 bridgehead atoms. The zero-order valence-corrected chi connectivity index (χ0v) is 12.7. The molecule has 2 aliphatic carbocycles. The highest BCUT2D eigenvalue weighted by Crippen LogP contribution is 2.66. The molecule has 8 heteroatoms. The van der Waals surface area contributed by atoms with Crippen molar-refractivity contribution in [1.82, 2.24) is 0 Å². The fourth-order valence-corrected chi connectivity index (χ4v) is 4.98. The van der Waals surface area contributed by atoms with Crippen LogP contribution in [0.25, 0.3) is 0 Å². The first kappa shape index (κ1) is 16.1. The van der Waals surface area contributed by atoms with Gasteiger partial charge in [0.1, 0.15) is 5.60 Å². The number of alkyl halides is 4. The third-order valence-electron chi connectivity index (χ3n) is 4.84. The van der Waals surface area contributed by atoms with Crippen molar-refractivity contribution in [2.45, 2.75) is 37.8 Å². The van der Waals surface area contributed by atoms with E-state index in [0.717, 1.165) is 0 Å². The standard InChI is InChI=1S/C12H16ClF3O3S/c1-7-10(2,3)8-4-5-11(7,9(8)6-13)19-20(17,18)12(14,15)16/h8-9H,1,4-6H2,2-3H3/t8-,9-,11+/m1/s1. The molecule has 0 aliphatic heterocycles. The summed E-state index contributed by atoms with van der Waals surface area (Å²) in [5.41, 5.74) is -7.06. The number of hydrogen-bond donors (Lipinski definition) is 0. The van der Waals surface area contributed by atoms with Gasteiger partial charge in [0.05, 0.1) is 0 Å². The van der Waals surface area contributed by atoms with Gasteiger partial charge in [0, 0.05) is 11.8 Å². The quantitative estimate of drug-likeness (QED) is 0.344. The molecule has 3 nitrogen and oxygen atoms in total. The first-order valence-electron chi connectivity index (χ1n) is 6.18. The summed E-state index contributed by atoms with van der Waals surface area (Å²) in [6.07, 6.45) is 0.781. The molecule has 2 rings (SSSR count). The van der Waals surface area contributed by atoms with E-state index < -0.39 is 32.6 Å².